The molecular formula is C10H15N3O. The van der Waals surface area contributed by atoms with Gasteiger partial charge in [0, 0.05) is 12.6 Å². The predicted octanol–water partition coefficient (Wildman–Crippen LogP) is 1.65. The number of hydrogen-bond acceptors (Lipinski definition) is 3. The summed E-state index contributed by atoms with van der Waals surface area (Å²) in [6, 6.07) is 1.69. The first kappa shape index (κ1) is 10.5. The second-order valence-electron chi connectivity index (χ2n) is 3.65. The fourth-order valence-corrected chi connectivity index (χ4v) is 1.11. The number of pyridine rings is 1. The van der Waals surface area contributed by atoms with Crippen molar-refractivity contribution < 1.29 is 4.79 Å². The third kappa shape index (κ3) is 3.43. The van der Waals surface area contributed by atoms with Gasteiger partial charge < -0.3 is 11.1 Å². The third-order valence-corrected chi connectivity index (χ3v) is 1.64. The van der Waals surface area contributed by atoms with Crippen LogP contribution in [0.5, 0.6) is 0 Å². The van der Waals surface area contributed by atoms with E-state index in [2.05, 4.69) is 10.3 Å². The third-order valence-electron chi connectivity index (χ3n) is 1.64. The Kier molecular flexibility index (Phi) is 3.45. The van der Waals surface area contributed by atoms with Crippen LogP contribution in [0.2, 0.25) is 0 Å². The number of nitrogens with two attached hydrogens (primary N) is 1. The molecule has 0 bridgehead atoms. The quantitative estimate of drug-likeness (QED) is 0.766. The summed E-state index contributed by atoms with van der Waals surface area (Å²) in [5.41, 5.74) is 6.72. The molecule has 0 fully saturated rings. The number of amides is 1. The van der Waals surface area contributed by atoms with Crippen molar-refractivity contribution in [2.75, 3.05) is 11.1 Å². The van der Waals surface area contributed by atoms with Crippen LogP contribution in [0.4, 0.5) is 11.4 Å². The van der Waals surface area contributed by atoms with Crippen molar-refractivity contribution in [2.24, 2.45) is 5.92 Å². The minimum absolute atomic E-state index is 0.00704. The molecule has 4 heteroatoms. The molecule has 4 nitrogen and oxygen atoms in total. The van der Waals surface area contributed by atoms with Crippen molar-refractivity contribution >= 4 is 17.3 Å². The van der Waals surface area contributed by atoms with Crippen LogP contribution in [0.15, 0.2) is 18.5 Å². The average Bonchev–Trinajstić information content (AvgIpc) is 2.01. The lowest BCUT2D eigenvalue weighted by molar-refractivity contribution is -0.116. The van der Waals surface area contributed by atoms with Crippen LogP contribution in [-0.4, -0.2) is 10.9 Å². The van der Waals surface area contributed by atoms with Crippen LogP contribution in [-0.2, 0) is 4.79 Å². The van der Waals surface area contributed by atoms with Gasteiger partial charge in [0.25, 0.3) is 0 Å². The molecule has 0 spiro atoms. The minimum atomic E-state index is -0.00704. The van der Waals surface area contributed by atoms with E-state index in [0.717, 1.165) is 0 Å². The molecule has 1 aromatic heterocycles. The first-order chi connectivity index (χ1) is 6.58. The fourth-order valence-electron chi connectivity index (χ4n) is 1.11. The number of carbonyl (C=O) groups is 1. The summed E-state index contributed by atoms with van der Waals surface area (Å²) >= 11 is 0. The number of anilines is 2. The number of hydrogen-bond donors (Lipinski definition) is 2. The summed E-state index contributed by atoms with van der Waals surface area (Å²) in [6.07, 6.45) is 3.63. The largest absolute Gasteiger partial charge is 0.397 e. The molecule has 76 valence electrons. The Bertz CT molecular complexity index is 323. The van der Waals surface area contributed by atoms with E-state index in [1.165, 1.54) is 6.20 Å². The summed E-state index contributed by atoms with van der Waals surface area (Å²) in [7, 11) is 0. The van der Waals surface area contributed by atoms with E-state index in [-0.39, 0.29) is 5.91 Å². The number of rotatable bonds is 3. The Balaban J connectivity index is 2.56. The Hall–Kier alpha value is -1.58. The molecule has 0 aliphatic rings. The molecule has 0 aliphatic carbocycles. The van der Waals surface area contributed by atoms with E-state index in [1.807, 2.05) is 13.8 Å². The normalized spacial score (nSPS) is 10.2. The monoisotopic (exact) mass is 193 g/mol. The molecule has 0 saturated carbocycles. The second kappa shape index (κ2) is 4.60. The van der Waals surface area contributed by atoms with Crippen molar-refractivity contribution in [3.05, 3.63) is 18.5 Å². The number of nitrogen functional groups attached to an aromatic ring is 1. The van der Waals surface area contributed by atoms with Crippen LogP contribution in [0, 0.1) is 5.92 Å². The molecule has 0 atom stereocenters. The molecule has 3 N–H and O–H groups in total. The van der Waals surface area contributed by atoms with Gasteiger partial charge in [0.2, 0.25) is 5.91 Å². The smallest absolute Gasteiger partial charge is 0.224 e. The maximum absolute atomic E-state index is 11.4. The highest BCUT2D eigenvalue weighted by atomic mass is 16.1. The zero-order valence-corrected chi connectivity index (χ0v) is 8.45. The maximum Gasteiger partial charge on any atom is 0.224 e. The Morgan fingerprint density at radius 1 is 1.57 bits per heavy atom. The van der Waals surface area contributed by atoms with Gasteiger partial charge in [-0.3, -0.25) is 9.78 Å². The highest BCUT2D eigenvalue weighted by Crippen LogP contribution is 2.10. The molecule has 0 radical (unpaired) electrons. The standard InChI is InChI=1S/C10H15N3O/c1-7(2)3-10(14)13-9-4-8(11)5-12-6-9/h4-7H,3,11H2,1-2H3,(H,13,14). The van der Waals surface area contributed by atoms with Gasteiger partial charge in [-0.05, 0) is 12.0 Å². The molecule has 0 aliphatic heterocycles. The Morgan fingerprint density at radius 2 is 2.29 bits per heavy atom. The number of aromatic nitrogens is 1. The van der Waals surface area contributed by atoms with Gasteiger partial charge in [-0.25, -0.2) is 0 Å². The van der Waals surface area contributed by atoms with E-state index in [9.17, 15) is 4.79 Å². The van der Waals surface area contributed by atoms with Gasteiger partial charge in [-0.2, -0.15) is 0 Å². The number of nitrogens with zero attached hydrogens (tertiary/aromatic N) is 1. The van der Waals surface area contributed by atoms with Gasteiger partial charge in [-0.1, -0.05) is 13.8 Å². The van der Waals surface area contributed by atoms with Crippen molar-refractivity contribution in [3.63, 3.8) is 0 Å². The zero-order chi connectivity index (χ0) is 10.6. The van der Waals surface area contributed by atoms with Gasteiger partial charge in [0.05, 0.1) is 17.6 Å². The van der Waals surface area contributed by atoms with Gasteiger partial charge in [-0.15, -0.1) is 0 Å². The molecule has 1 aromatic rings. The van der Waals surface area contributed by atoms with Crippen LogP contribution >= 0.6 is 0 Å². The molecular weight excluding hydrogens is 178 g/mol. The lowest BCUT2D eigenvalue weighted by Crippen LogP contribution is -2.14. The second-order valence-corrected chi connectivity index (χ2v) is 3.65. The van der Waals surface area contributed by atoms with Crippen LogP contribution in [0.3, 0.4) is 0 Å². The van der Waals surface area contributed by atoms with E-state index in [0.29, 0.717) is 23.7 Å². The van der Waals surface area contributed by atoms with Gasteiger partial charge in [0.1, 0.15) is 0 Å². The average molecular weight is 193 g/mol. The van der Waals surface area contributed by atoms with Crippen LogP contribution < -0.4 is 11.1 Å². The molecule has 0 unspecified atom stereocenters. The fraction of sp³-hybridized carbons (Fsp3) is 0.400. The maximum atomic E-state index is 11.4. The van der Waals surface area contributed by atoms with Crippen LogP contribution in [0.25, 0.3) is 0 Å². The summed E-state index contributed by atoms with van der Waals surface area (Å²) < 4.78 is 0. The lowest BCUT2D eigenvalue weighted by Gasteiger charge is -2.06. The first-order valence-corrected chi connectivity index (χ1v) is 4.58. The number of carbonyl (C=O) groups excluding carboxylic acids is 1. The van der Waals surface area contributed by atoms with Gasteiger partial charge in [0.15, 0.2) is 0 Å². The molecule has 1 rings (SSSR count). The highest BCUT2D eigenvalue weighted by molar-refractivity contribution is 5.90. The Labute approximate surface area is 83.5 Å². The van der Waals surface area contributed by atoms with E-state index in [1.54, 1.807) is 12.3 Å². The minimum Gasteiger partial charge on any atom is -0.397 e. The van der Waals surface area contributed by atoms with Crippen LogP contribution in [0.1, 0.15) is 20.3 Å². The lowest BCUT2D eigenvalue weighted by atomic mass is 10.1. The van der Waals surface area contributed by atoms with Crippen molar-refractivity contribution in [1.82, 2.24) is 4.98 Å². The Morgan fingerprint density at radius 3 is 2.86 bits per heavy atom. The molecule has 1 amide bonds. The highest BCUT2D eigenvalue weighted by Gasteiger charge is 2.05. The first-order valence-electron chi connectivity index (χ1n) is 4.58. The molecule has 0 aromatic carbocycles. The molecule has 0 saturated heterocycles. The summed E-state index contributed by atoms with van der Waals surface area (Å²) in [4.78, 5) is 15.2. The SMILES string of the molecule is CC(C)CC(=O)Nc1cncc(N)c1. The van der Waals surface area contributed by atoms with E-state index in [4.69, 9.17) is 5.73 Å². The predicted molar refractivity (Wildman–Crippen MR) is 56.7 cm³/mol. The van der Waals surface area contributed by atoms with E-state index >= 15 is 0 Å². The summed E-state index contributed by atoms with van der Waals surface area (Å²) in [6.45, 7) is 3.99. The van der Waals surface area contributed by atoms with Crippen molar-refractivity contribution in [1.29, 1.82) is 0 Å². The summed E-state index contributed by atoms with van der Waals surface area (Å²) in [5.74, 6) is 0.344. The van der Waals surface area contributed by atoms with Gasteiger partial charge >= 0.3 is 0 Å². The number of nitrogens with one attached hydrogen (secondary N) is 1. The molecule has 14 heavy (non-hydrogen) atoms. The molecule has 1 heterocycles. The summed E-state index contributed by atoms with van der Waals surface area (Å²) in [5, 5.41) is 2.73. The topological polar surface area (TPSA) is 68.0 Å². The van der Waals surface area contributed by atoms with Crippen molar-refractivity contribution in [3.8, 4) is 0 Å². The zero-order valence-electron chi connectivity index (χ0n) is 8.45. The van der Waals surface area contributed by atoms with E-state index < -0.39 is 0 Å². The van der Waals surface area contributed by atoms with Crippen molar-refractivity contribution in [2.45, 2.75) is 20.3 Å².